The monoisotopic (exact) mass is 284 g/mol. The molecule has 0 bridgehead atoms. The summed E-state index contributed by atoms with van der Waals surface area (Å²) in [7, 11) is 1.58. The average Bonchev–Trinajstić information content (AvgIpc) is 2.92. The van der Waals surface area contributed by atoms with E-state index in [0.29, 0.717) is 28.0 Å². The molecule has 3 heterocycles. The first-order chi connectivity index (χ1) is 10.1. The van der Waals surface area contributed by atoms with Gasteiger partial charge in [-0.25, -0.2) is 4.79 Å². The predicted molar refractivity (Wildman–Crippen MR) is 75.5 cm³/mol. The standard InChI is InChI=1S/C14H12N4O3/c1-8-13-9(6-16-18(13)14(19)20)5-11(17-8)10-7-15-4-3-12(10)21-2/h3-7H,1-2H3,(H,19,20). The molecule has 0 aromatic carbocycles. The largest absolute Gasteiger partial charge is 0.496 e. The smallest absolute Gasteiger partial charge is 0.432 e. The predicted octanol–water partition coefficient (Wildman–Crippen LogP) is 2.34. The molecule has 0 amide bonds. The van der Waals surface area contributed by atoms with Crippen molar-refractivity contribution < 1.29 is 14.6 Å². The van der Waals surface area contributed by atoms with Crippen LogP contribution in [-0.4, -0.2) is 38.1 Å². The van der Waals surface area contributed by atoms with Crippen LogP contribution in [-0.2, 0) is 0 Å². The molecule has 0 aliphatic rings. The molecule has 0 spiro atoms. The van der Waals surface area contributed by atoms with Crippen LogP contribution in [0.5, 0.6) is 5.75 Å². The highest BCUT2D eigenvalue weighted by molar-refractivity contribution is 5.90. The molecule has 0 fully saturated rings. The van der Waals surface area contributed by atoms with Gasteiger partial charge < -0.3 is 9.84 Å². The number of pyridine rings is 2. The molecule has 3 aromatic heterocycles. The van der Waals surface area contributed by atoms with Crippen molar-refractivity contribution in [1.82, 2.24) is 19.7 Å². The second-order valence-electron chi connectivity index (χ2n) is 4.45. The van der Waals surface area contributed by atoms with Crippen LogP contribution in [0.4, 0.5) is 4.79 Å². The first kappa shape index (κ1) is 13.0. The minimum Gasteiger partial charge on any atom is -0.496 e. The maximum absolute atomic E-state index is 11.1. The number of ether oxygens (including phenoxy) is 1. The molecule has 1 N–H and O–H groups in total. The zero-order valence-electron chi connectivity index (χ0n) is 11.4. The Balaban J connectivity index is 2.24. The van der Waals surface area contributed by atoms with Crippen molar-refractivity contribution in [3.05, 3.63) is 36.4 Å². The Hall–Kier alpha value is -2.96. The van der Waals surface area contributed by atoms with Gasteiger partial charge in [-0.3, -0.25) is 9.97 Å². The van der Waals surface area contributed by atoms with Crippen LogP contribution in [0.25, 0.3) is 22.2 Å². The Bertz CT molecular complexity index is 841. The SMILES string of the molecule is COc1ccncc1-c1cc2cnn(C(=O)O)c2c(C)n1. The summed E-state index contributed by atoms with van der Waals surface area (Å²) in [5, 5.41) is 13.7. The summed E-state index contributed by atoms with van der Waals surface area (Å²) in [6.45, 7) is 1.75. The number of aryl methyl sites for hydroxylation is 1. The number of fused-ring (bicyclic) bond motifs is 1. The first-order valence-corrected chi connectivity index (χ1v) is 6.19. The zero-order valence-corrected chi connectivity index (χ0v) is 11.4. The van der Waals surface area contributed by atoms with Crippen LogP contribution in [0, 0.1) is 6.92 Å². The molecular weight excluding hydrogens is 272 g/mol. The summed E-state index contributed by atoms with van der Waals surface area (Å²) < 4.78 is 6.22. The maximum atomic E-state index is 11.1. The Labute approximate surface area is 119 Å². The molecule has 7 nitrogen and oxygen atoms in total. The lowest BCUT2D eigenvalue weighted by atomic mass is 10.1. The van der Waals surface area contributed by atoms with E-state index >= 15 is 0 Å². The quantitative estimate of drug-likeness (QED) is 0.776. The number of carboxylic acid groups (broad SMARTS) is 1. The third kappa shape index (κ3) is 2.08. The topological polar surface area (TPSA) is 90.1 Å². The van der Waals surface area contributed by atoms with Crippen LogP contribution in [0.15, 0.2) is 30.7 Å². The number of hydrogen-bond donors (Lipinski definition) is 1. The maximum Gasteiger partial charge on any atom is 0.432 e. The van der Waals surface area contributed by atoms with Crippen molar-refractivity contribution in [2.45, 2.75) is 6.92 Å². The number of aromatic nitrogens is 4. The van der Waals surface area contributed by atoms with Gasteiger partial charge in [0.2, 0.25) is 0 Å². The Morgan fingerprint density at radius 1 is 1.38 bits per heavy atom. The van der Waals surface area contributed by atoms with Crippen LogP contribution in [0.3, 0.4) is 0 Å². The molecule has 3 rings (SSSR count). The Kier molecular flexibility index (Phi) is 3.02. The number of nitrogens with zero attached hydrogens (tertiary/aromatic N) is 4. The van der Waals surface area contributed by atoms with E-state index in [1.165, 1.54) is 6.20 Å². The highest BCUT2D eigenvalue weighted by Crippen LogP contribution is 2.30. The number of hydrogen-bond acceptors (Lipinski definition) is 5. The van der Waals surface area contributed by atoms with E-state index in [-0.39, 0.29) is 0 Å². The lowest BCUT2D eigenvalue weighted by molar-refractivity contribution is 0.194. The molecule has 21 heavy (non-hydrogen) atoms. The summed E-state index contributed by atoms with van der Waals surface area (Å²) in [6.07, 6.45) is 3.66. The van der Waals surface area contributed by atoms with E-state index in [1.807, 2.05) is 0 Å². The van der Waals surface area contributed by atoms with Gasteiger partial charge in [0.1, 0.15) is 11.3 Å². The average molecular weight is 284 g/mol. The van der Waals surface area contributed by atoms with Crippen molar-refractivity contribution in [3.63, 3.8) is 0 Å². The van der Waals surface area contributed by atoms with Gasteiger partial charge in [0, 0.05) is 17.8 Å². The second kappa shape index (κ2) is 4.86. The van der Waals surface area contributed by atoms with Gasteiger partial charge in [-0.2, -0.15) is 9.78 Å². The zero-order chi connectivity index (χ0) is 15.0. The van der Waals surface area contributed by atoms with Gasteiger partial charge in [-0.05, 0) is 19.1 Å². The molecular formula is C14H12N4O3. The summed E-state index contributed by atoms with van der Waals surface area (Å²) in [4.78, 5) is 19.7. The van der Waals surface area contributed by atoms with Gasteiger partial charge in [0.15, 0.2) is 0 Å². The van der Waals surface area contributed by atoms with Gasteiger partial charge in [-0.15, -0.1) is 0 Å². The van der Waals surface area contributed by atoms with E-state index in [9.17, 15) is 4.79 Å². The molecule has 0 aliphatic heterocycles. The first-order valence-electron chi connectivity index (χ1n) is 6.19. The minimum atomic E-state index is -1.14. The van der Waals surface area contributed by atoms with E-state index < -0.39 is 6.09 Å². The third-order valence-electron chi connectivity index (χ3n) is 3.18. The molecule has 0 unspecified atom stereocenters. The fraction of sp³-hybridized carbons (Fsp3) is 0.143. The molecule has 0 saturated carbocycles. The van der Waals surface area contributed by atoms with E-state index in [1.54, 1.807) is 38.6 Å². The van der Waals surface area contributed by atoms with E-state index in [2.05, 4.69) is 15.1 Å². The van der Waals surface area contributed by atoms with Crippen LogP contribution < -0.4 is 4.74 Å². The highest BCUT2D eigenvalue weighted by atomic mass is 16.5. The fourth-order valence-corrected chi connectivity index (χ4v) is 2.28. The van der Waals surface area contributed by atoms with Crippen molar-refractivity contribution >= 4 is 17.0 Å². The molecule has 7 heteroatoms. The lowest BCUT2D eigenvalue weighted by Gasteiger charge is -2.08. The molecule has 0 aliphatic carbocycles. The van der Waals surface area contributed by atoms with Crippen molar-refractivity contribution in [2.75, 3.05) is 7.11 Å². The summed E-state index contributed by atoms with van der Waals surface area (Å²) in [5.74, 6) is 0.655. The van der Waals surface area contributed by atoms with E-state index in [4.69, 9.17) is 9.84 Å². The van der Waals surface area contributed by atoms with Crippen molar-refractivity contribution in [3.8, 4) is 17.0 Å². The third-order valence-corrected chi connectivity index (χ3v) is 3.18. The summed E-state index contributed by atoms with van der Waals surface area (Å²) >= 11 is 0. The second-order valence-corrected chi connectivity index (χ2v) is 4.45. The number of rotatable bonds is 2. The van der Waals surface area contributed by atoms with Gasteiger partial charge in [0.25, 0.3) is 0 Å². The van der Waals surface area contributed by atoms with Crippen molar-refractivity contribution in [2.24, 2.45) is 0 Å². The highest BCUT2D eigenvalue weighted by Gasteiger charge is 2.15. The van der Waals surface area contributed by atoms with Gasteiger partial charge in [-0.1, -0.05) is 0 Å². The van der Waals surface area contributed by atoms with Gasteiger partial charge >= 0.3 is 6.09 Å². The summed E-state index contributed by atoms with van der Waals surface area (Å²) in [6, 6.07) is 3.52. The summed E-state index contributed by atoms with van der Waals surface area (Å²) in [5.41, 5.74) is 2.46. The van der Waals surface area contributed by atoms with Crippen LogP contribution in [0.2, 0.25) is 0 Å². The van der Waals surface area contributed by atoms with Crippen LogP contribution in [0.1, 0.15) is 5.69 Å². The molecule has 0 atom stereocenters. The Morgan fingerprint density at radius 2 is 2.19 bits per heavy atom. The van der Waals surface area contributed by atoms with Gasteiger partial charge in [0.05, 0.1) is 30.3 Å². The minimum absolute atomic E-state index is 0.481. The molecule has 106 valence electrons. The molecule has 0 radical (unpaired) electrons. The number of methoxy groups -OCH3 is 1. The molecule has 3 aromatic rings. The van der Waals surface area contributed by atoms with E-state index in [0.717, 1.165) is 10.2 Å². The van der Waals surface area contributed by atoms with Crippen molar-refractivity contribution in [1.29, 1.82) is 0 Å². The van der Waals surface area contributed by atoms with Crippen LogP contribution >= 0.6 is 0 Å². The fourth-order valence-electron chi connectivity index (χ4n) is 2.28. The number of carbonyl (C=O) groups is 1. The normalized spacial score (nSPS) is 10.8. The molecule has 0 saturated heterocycles. The Morgan fingerprint density at radius 3 is 2.90 bits per heavy atom. The lowest BCUT2D eigenvalue weighted by Crippen LogP contribution is -2.10.